The molecule has 0 atom stereocenters. The van der Waals surface area contributed by atoms with E-state index in [1.165, 1.54) is 0 Å². The lowest BCUT2D eigenvalue weighted by molar-refractivity contribution is -0.131. The summed E-state index contributed by atoms with van der Waals surface area (Å²) in [5.74, 6) is 2.28. The largest absolute Gasteiger partial charge is 0.494 e. The van der Waals surface area contributed by atoms with Crippen molar-refractivity contribution in [3.05, 3.63) is 72.4 Å². The van der Waals surface area contributed by atoms with Crippen molar-refractivity contribution in [1.29, 1.82) is 0 Å². The van der Waals surface area contributed by atoms with E-state index in [0.717, 1.165) is 17.1 Å². The molecule has 2 heterocycles. The normalized spacial score (nSPS) is 13.6. The molecule has 1 saturated heterocycles. The Morgan fingerprint density at radius 2 is 1.64 bits per heavy atom. The van der Waals surface area contributed by atoms with Gasteiger partial charge in [0.2, 0.25) is 5.91 Å². The van der Waals surface area contributed by atoms with Gasteiger partial charge in [-0.05, 0) is 37.3 Å². The van der Waals surface area contributed by atoms with Crippen molar-refractivity contribution >= 4 is 17.5 Å². The Kier molecular flexibility index (Phi) is 7.29. The fourth-order valence-corrected chi connectivity index (χ4v) is 3.86. The van der Waals surface area contributed by atoms with Crippen LogP contribution in [-0.2, 0) is 4.79 Å². The summed E-state index contributed by atoms with van der Waals surface area (Å²) >= 11 is 0. The topological polar surface area (TPSA) is 75.6 Å². The first-order valence-electron chi connectivity index (χ1n) is 11.3. The van der Waals surface area contributed by atoms with Gasteiger partial charge in [-0.1, -0.05) is 30.3 Å². The van der Waals surface area contributed by atoms with Crippen LogP contribution >= 0.6 is 0 Å². The van der Waals surface area contributed by atoms with E-state index in [2.05, 4.69) is 9.88 Å². The van der Waals surface area contributed by atoms with Crippen LogP contribution in [0.1, 0.15) is 30.1 Å². The number of ketones is 1. The quantitative estimate of drug-likeness (QED) is 0.491. The molecule has 2 aromatic carbocycles. The van der Waals surface area contributed by atoms with Gasteiger partial charge >= 0.3 is 0 Å². The maximum absolute atomic E-state index is 12.7. The number of rotatable bonds is 8. The van der Waals surface area contributed by atoms with E-state index in [1.54, 1.807) is 30.5 Å². The maximum Gasteiger partial charge on any atom is 0.223 e. The van der Waals surface area contributed by atoms with Gasteiger partial charge < -0.3 is 14.5 Å². The van der Waals surface area contributed by atoms with E-state index < -0.39 is 0 Å². The predicted octanol–water partition coefficient (Wildman–Crippen LogP) is 3.85. The summed E-state index contributed by atoms with van der Waals surface area (Å²) < 4.78 is 5.40. The molecule has 0 radical (unpaired) electrons. The number of amides is 1. The molecule has 1 aliphatic heterocycles. The number of carbonyl (C=O) groups excluding carboxylic acids is 2. The van der Waals surface area contributed by atoms with Gasteiger partial charge in [0, 0.05) is 56.3 Å². The van der Waals surface area contributed by atoms with E-state index >= 15 is 0 Å². The number of hydrogen-bond acceptors (Lipinski definition) is 6. The zero-order valence-corrected chi connectivity index (χ0v) is 18.8. The fraction of sp³-hybridized carbons (Fsp3) is 0.308. The molecule has 0 aliphatic carbocycles. The molecule has 4 rings (SSSR count). The maximum atomic E-state index is 12.7. The van der Waals surface area contributed by atoms with Crippen LogP contribution < -0.4 is 9.64 Å². The Morgan fingerprint density at radius 1 is 0.909 bits per heavy atom. The number of nitrogens with zero attached hydrogens (tertiary/aromatic N) is 4. The third kappa shape index (κ3) is 5.74. The number of aromatic nitrogens is 2. The van der Waals surface area contributed by atoms with Crippen LogP contribution in [0.4, 0.5) is 5.82 Å². The Bertz CT molecular complexity index is 1080. The molecule has 1 amide bonds. The van der Waals surface area contributed by atoms with E-state index in [9.17, 15) is 9.59 Å². The molecular weight excluding hydrogens is 416 g/mol. The highest BCUT2D eigenvalue weighted by Crippen LogP contribution is 2.20. The van der Waals surface area contributed by atoms with Gasteiger partial charge in [-0.2, -0.15) is 0 Å². The monoisotopic (exact) mass is 444 g/mol. The Hall–Kier alpha value is -3.74. The van der Waals surface area contributed by atoms with Crippen molar-refractivity contribution in [2.45, 2.75) is 19.8 Å². The number of ether oxygens (including phenoxy) is 1. The second-order valence-corrected chi connectivity index (χ2v) is 7.85. The van der Waals surface area contributed by atoms with Crippen molar-refractivity contribution in [2.75, 3.05) is 37.7 Å². The molecule has 170 valence electrons. The summed E-state index contributed by atoms with van der Waals surface area (Å²) in [5, 5.41) is 0. The van der Waals surface area contributed by atoms with E-state index in [4.69, 9.17) is 9.72 Å². The van der Waals surface area contributed by atoms with Crippen LogP contribution in [0.2, 0.25) is 0 Å². The molecule has 0 unspecified atom stereocenters. The molecule has 0 spiro atoms. The molecular formula is C26H28N4O3. The molecule has 1 aliphatic rings. The second kappa shape index (κ2) is 10.7. The summed E-state index contributed by atoms with van der Waals surface area (Å²) in [6, 6.07) is 18.9. The number of hydrogen-bond donors (Lipinski definition) is 0. The summed E-state index contributed by atoms with van der Waals surface area (Å²) in [6.45, 7) is 5.12. The summed E-state index contributed by atoms with van der Waals surface area (Å²) in [4.78, 5) is 38.2. The van der Waals surface area contributed by atoms with Crippen LogP contribution in [-0.4, -0.2) is 59.3 Å². The van der Waals surface area contributed by atoms with Crippen LogP contribution in [0.5, 0.6) is 5.75 Å². The average molecular weight is 445 g/mol. The number of piperazine rings is 1. The highest BCUT2D eigenvalue weighted by molar-refractivity contribution is 5.98. The number of anilines is 1. The lowest BCUT2D eigenvalue weighted by atomic mass is 10.1. The smallest absolute Gasteiger partial charge is 0.223 e. The van der Waals surface area contributed by atoms with Gasteiger partial charge in [0.1, 0.15) is 11.6 Å². The number of carbonyl (C=O) groups is 2. The lowest BCUT2D eigenvalue weighted by Gasteiger charge is -2.35. The van der Waals surface area contributed by atoms with Gasteiger partial charge in [-0.25, -0.2) is 9.97 Å². The fourth-order valence-electron chi connectivity index (χ4n) is 3.86. The molecule has 0 saturated carbocycles. The van der Waals surface area contributed by atoms with E-state index in [-0.39, 0.29) is 24.5 Å². The van der Waals surface area contributed by atoms with Crippen molar-refractivity contribution in [1.82, 2.24) is 14.9 Å². The standard InChI is InChI=1S/C26H28N4O3/c1-2-33-22-10-8-20(9-11-22)23(31)12-13-25(32)30-18-16-29(17-19-30)24-14-15-27-26(28-24)21-6-4-3-5-7-21/h3-11,14-15H,2,12-13,16-19H2,1H3. The Morgan fingerprint density at radius 3 is 2.33 bits per heavy atom. The van der Waals surface area contributed by atoms with Gasteiger partial charge in [0.05, 0.1) is 6.61 Å². The highest BCUT2D eigenvalue weighted by atomic mass is 16.5. The molecule has 0 N–H and O–H groups in total. The molecule has 7 nitrogen and oxygen atoms in total. The van der Waals surface area contributed by atoms with Crippen molar-refractivity contribution in [2.24, 2.45) is 0 Å². The minimum atomic E-state index is -0.0283. The Labute approximate surface area is 194 Å². The van der Waals surface area contributed by atoms with Gasteiger partial charge in [0.25, 0.3) is 0 Å². The first kappa shape index (κ1) is 22.5. The van der Waals surface area contributed by atoms with Crippen molar-refractivity contribution < 1.29 is 14.3 Å². The summed E-state index contributed by atoms with van der Waals surface area (Å²) in [6.07, 6.45) is 2.20. The SMILES string of the molecule is CCOc1ccc(C(=O)CCC(=O)N2CCN(c3ccnc(-c4ccccc4)n3)CC2)cc1. The van der Waals surface area contributed by atoms with Gasteiger partial charge in [-0.15, -0.1) is 0 Å². The lowest BCUT2D eigenvalue weighted by Crippen LogP contribution is -2.49. The average Bonchev–Trinajstić information content (AvgIpc) is 2.88. The van der Waals surface area contributed by atoms with Crippen molar-refractivity contribution in [3.63, 3.8) is 0 Å². The minimum Gasteiger partial charge on any atom is -0.494 e. The molecule has 1 aromatic heterocycles. The zero-order chi connectivity index (χ0) is 23.0. The molecule has 0 bridgehead atoms. The van der Waals surface area contributed by atoms with Crippen LogP contribution in [0, 0.1) is 0 Å². The minimum absolute atomic E-state index is 0.0154. The molecule has 33 heavy (non-hydrogen) atoms. The molecule has 3 aromatic rings. The number of Topliss-reactive ketones (excluding diaryl/α,β-unsaturated/α-hetero) is 1. The number of benzene rings is 2. The van der Waals surface area contributed by atoms with Gasteiger partial charge in [-0.3, -0.25) is 9.59 Å². The van der Waals surface area contributed by atoms with Crippen LogP contribution in [0.25, 0.3) is 11.4 Å². The van der Waals surface area contributed by atoms with E-state index in [0.29, 0.717) is 44.2 Å². The second-order valence-electron chi connectivity index (χ2n) is 7.85. The summed E-state index contributed by atoms with van der Waals surface area (Å²) in [7, 11) is 0. The van der Waals surface area contributed by atoms with Crippen LogP contribution in [0.3, 0.4) is 0 Å². The van der Waals surface area contributed by atoms with Crippen molar-refractivity contribution in [3.8, 4) is 17.1 Å². The third-order valence-corrected chi connectivity index (χ3v) is 5.68. The Balaban J connectivity index is 1.27. The predicted molar refractivity (Wildman–Crippen MR) is 127 cm³/mol. The highest BCUT2D eigenvalue weighted by Gasteiger charge is 2.23. The van der Waals surface area contributed by atoms with E-state index in [1.807, 2.05) is 48.2 Å². The molecule has 1 fully saturated rings. The molecule has 7 heteroatoms. The summed E-state index contributed by atoms with van der Waals surface area (Å²) in [5.41, 5.74) is 1.58. The first-order valence-corrected chi connectivity index (χ1v) is 11.3. The van der Waals surface area contributed by atoms with Gasteiger partial charge in [0.15, 0.2) is 11.6 Å². The zero-order valence-electron chi connectivity index (χ0n) is 18.8. The third-order valence-electron chi connectivity index (χ3n) is 5.68. The first-order chi connectivity index (χ1) is 16.1. The van der Waals surface area contributed by atoms with Crippen LogP contribution in [0.15, 0.2) is 66.9 Å².